The van der Waals surface area contributed by atoms with Gasteiger partial charge < -0.3 is 20.4 Å². The van der Waals surface area contributed by atoms with E-state index in [0.29, 0.717) is 22.4 Å². The lowest BCUT2D eigenvalue weighted by atomic mass is 10.0. The van der Waals surface area contributed by atoms with Gasteiger partial charge in [0.05, 0.1) is 16.6 Å². The van der Waals surface area contributed by atoms with Gasteiger partial charge in [0.1, 0.15) is 17.6 Å². The summed E-state index contributed by atoms with van der Waals surface area (Å²) in [6, 6.07) is 8.52. The normalized spacial score (nSPS) is 15.0. The van der Waals surface area contributed by atoms with Crippen molar-refractivity contribution in [3.8, 4) is 5.75 Å². The highest BCUT2D eigenvalue weighted by molar-refractivity contribution is 6.43. The lowest BCUT2D eigenvalue weighted by molar-refractivity contribution is -0.137. The van der Waals surface area contributed by atoms with Crippen LogP contribution in [0.15, 0.2) is 77.5 Å². The van der Waals surface area contributed by atoms with Gasteiger partial charge in [-0.2, -0.15) is 13.2 Å². The number of fused-ring (bicyclic) bond motifs is 1. The number of alkyl halides is 3. The standard InChI is InChI=1S/C27H24F3N5O3/c1-15(2)12-24(36)19-7-4-16(13-20(19)27(28,29)30)33-26-34-21-8-6-18(14-23(21)35-26)38-17-5-9-22(25(37)31-3)32-11-10-17/h4-14,17H,1-3H3,(H,31,37)(H2,33,34,35). The molecule has 8 nitrogen and oxygen atoms in total. The number of halogens is 3. The van der Waals surface area contributed by atoms with Gasteiger partial charge in [-0.1, -0.05) is 5.57 Å². The Morgan fingerprint density at radius 3 is 2.61 bits per heavy atom. The zero-order valence-corrected chi connectivity index (χ0v) is 20.7. The number of imidazole rings is 1. The third-order valence-corrected chi connectivity index (χ3v) is 5.39. The molecule has 1 aliphatic rings. The average molecular weight is 524 g/mol. The number of amides is 1. The first kappa shape index (κ1) is 26.4. The second kappa shape index (κ2) is 10.8. The van der Waals surface area contributed by atoms with E-state index in [2.05, 4.69) is 25.6 Å². The van der Waals surface area contributed by atoms with Crippen LogP contribution in [0.1, 0.15) is 29.8 Å². The minimum Gasteiger partial charge on any atom is -0.482 e. The van der Waals surface area contributed by atoms with Gasteiger partial charge in [-0.15, -0.1) is 0 Å². The maximum atomic E-state index is 13.7. The van der Waals surface area contributed by atoms with E-state index in [4.69, 9.17) is 4.74 Å². The average Bonchev–Trinajstić information content (AvgIpc) is 3.10. The van der Waals surface area contributed by atoms with E-state index in [-0.39, 0.29) is 23.3 Å². The van der Waals surface area contributed by atoms with Crippen LogP contribution in [0.25, 0.3) is 11.0 Å². The number of hydrogen-bond donors (Lipinski definition) is 3. The molecule has 0 spiro atoms. The molecule has 3 aromatic rings. The topological polar surface area (TPSA) is 108 Å². The van der Waals surface area contributed by atoms with Crippen molar-refractivity contribution in [2.24, 2.45) is 4.99 Å². The van der Waals surface area contributed by atoms with Crippen molar-refractivity contribution >= 4 is 40.1 Å². The first-order valence-corrected chi connectivity index (χ1v) is 11.5. The van der Waals surface area contributed by atoms with Crippen LogP contribution in [0, 0.1) is 0 Å². The molecular formula is C27H24F3N5O3. The summed E-state index contributed by atoms with van der Waals surface area (Å²) in [5.41, 5.74) is 0.641. The molecule has 2 aromatic carbocycles. The molecule has 3 N–H and O–H groups in total. The summed E-state index contributed by atoms with van der Waals surface area (Å²) < 4.78 is 47.0. The minimum atomic E-state index is -4.72. The Bertz CT molecular complexity index is 1510. The number of hydrogen-bond acceptors (Lipinski definition) is 6. The summed E-state index contributed by atoms with van der Waals surface area (Å²) in [4.78, 5) is 35.5. The Morgan fingerprint density at radius 2 is 1.89 bits per heavy atom. The van der Waals surface area contributed by atoms with E-state index >= 15 is 0 Å². The van der Waals surface area contributed by atoms with Crippen LogP contribution in [0.4, 0.5) is 24.8 Å². The predicted octanol–water partition coefficient (Wildman–Crippen LogP) is 5.49. The minimum absolute atomic E-state index is 0.113. The zero-order valence-electron chi connectivity index (χ0n) is 20.7. The van der Waals surface area contributed by atoms with Crippen molar-refractivity contribution in [3.05, 3.63) is 83.6 Å². The van der Waals surface area contributed by atoms with E-state index in [1.807, 2.05) is 0 Å². The molecule has 2 heterocycles. The highest BCUT2D eigenvalue weighted by Gasteiger charge is 2.35. The van der Waals surface area contributed by atoms with E-state index in [9.17, 15) is 22.8 Å². The van der Waals surface area contributed by atoms with Crippen molar-refractivity contribution in [1.82, 2.24) is 15.3 Å². The van der Waals surface area contributed by atoms with Gasteiger partial charge in [0, 0.05) is 30.6 Å². The summed E-state index contributed by atoms with van der Waals surface area (Å²) in [7, 11) is 1.52. The van der Waals surface area contributed by atoms with Gasteiger partial charge in [0.2, 0.25) is 5.95 Å². The summed E-state index contributed by atoms with van der Waals surface area (Å²) in [6.07, 6.45) is 2.39. The van der Waals surface area contributed by atoms with E-state index in [0.717, 1.165) is 12.1 Å². The van der Waals surface area contributed by atoms with Crippen LogP contribution >= 0.6 is 0 Å². The van der Waals surface area contributed by atoms with Crippen LogP contribution in [0.2, 0.25) is 0 Å². The van der Waals surface area contributed by atoms with Gasteiger partial charge in [0.15, 0.2) is 5.78 Å². The second-order valence-corrected chi connectivity index (χ2v) is 8.61. The lowest BCUT2D eigenvalue weighted by Gasteiger charge is -2.13. The number of H-pyrrole nitrogens is 1. The summed E-state index contributed by atoms with van der Waals surface area (Å²) in [6.45, 7) is 3.28. The van der Waals surface area contributed by atoms with Crippen LogP contribution < -0.4 is 15.4 Å². The molecule has 1 aliphatic heterocycles. The lowest BCUT2D eigenvalue weighted by Crippen LogP contribution is -2.26. The fourth-order valence-electron chi connectivity index (χ4n) is 3.67. The molecule has 1 amide bonds. The Kier molecular flexibility index (Phi) is 7.47. The fourth-order valence-corrected chi connectivity index (χ4v) is 3.67. The molecule has 196 valence electrons. The number of rotatable bonds is 7. The monoisotopic (exact) mass is 523 g/mol. The maximum Gasteiger partial charge on any atom is 0.417 e. The first-order valence-electron chi connectivity index (χ1n) is 11.5. The number of aliphatic imine (C=N–C) groups is 1. The van der Waals surface area contributed by atoms with Gasteiger partial charge in [0.25, 0.3) is 5.91 Å². The molecule has 38 heavy (non-hydrogen) atoms. The Morgan fingerprint density at radius 1 is 1.11 bits per heavy atom. The number of allylic oxidation sites excluding steroid dienone is 2. The van der Waals surface area contributed by atoms with E-state index in [1.165, 1.54) is 25.4 Å². The fraction of sp³-hybridized carbons (Fsp3) is 0.185. The van der Waals surface area contributed by atoms with Gasteiger partial charge in [-0.3, -0.25) is 14.6 Å². The van der Waals surface area contributed by atoms with Crippen molar-refractivity contribution in [2.75, 3.05) is 12.4 Å². The Hall–Kier alpha value is -4.67. The number of carbonyl (C=O) groups is 2. The molecule has 0 radical (unpaired) electrons. The summed E-state index contributed by atoms with van der Waals surface area (Å²) >= 11 is 0. The van der Waals surface area contributed by atoms with Crippen molar-refractivity contribution < 1.29 is 27.5 Å². The third-order valence-electron chi connectivity index (χ3n) is 5.39. The molecule has 1 aromatic heterocycles. The smallest absolute Gasteiger partial charge is 0.417 e. The zero-order chi connectivity index (χ0) is 27.4. The van der Waals surface area contributed by atoms with Gasteiger partial charge >= 0.3 is 6.18 Å². The number of carbonyl (C=O) groups excluding carboxylic acids is 2. The van der Waals surface area contributed by atoms with Gasteiger partial charge in [-0.25, -0.2) is 4.98 Å². The number of anilines is 2. The number of aromatic nitrogens is 2. The van der Waals surface area contributed by atoms with Crippen molar-refractivity contribution in [3.63, 3.8) is 0 Å². The molecule has 4 rings (SSSR count). The summed E-state index contributed by atoms with van der Waals surface area (Å²) in [5, 5.41) is 5.34. The Balaban J connectivity index is 1.53. The molecule has 11 heteroatoms. The third kappa shape index (κ3) is 6.17. The van der Waals surface area contributed by atoms with E-state index in [1.54, 1.807) is 50.3 Å². The number of benzene rings is 2. The molecule has 1 atom stereocenters. The number of ether oxygens (including phenoxy) is 1. The summed E-state index contributed by atoms with van der Waals surface area (Å²) in [5.74, 6) is -0.319. The van der Waals surface area contributed by atoms with Crippen molar-refractivity contribution in [2.45, 2.75) is 26.1 Å². The molecular weight excluding hydrogens is 499 g/mol. The van der Waals surface area contributed by atoms with E-state index < -0.39 is 29.2 Å². The quantitative estimate of drug-likeness (QED) is 0.280. The Labute approximate surface area is 216 Å². The number of aromatic amines is 1. The maximum absolute atomic E-state index is 13.7. The SMILES string of the molecule is CNC(=O)C1=NC=CC(Oc2ccc3nc(Nc4ccc(C(=O)C=C(C)C)c(C(F)(F)F)c4)[nH]c3c2)C=C1. The molecule has 1 unspecified atom stereocenters. The molecule has 0 saturated heterocycles. The van der Waals surface area contributed by atoms with Crippen LogP contribution in [-0.4, -0.2) is 40.5 Å². The predicted molar refractivity (Wildman–Crippen MR) is 139 cm³/mol. The van der Waals surface area contributed by atoms with Crippen LogP contribution in [0.5, 0.6) is 5.75 Å². The number of ketones is 1. The molecule has 0 fully saturated rings. The van der Waals surface area contributed by atoms with Crippen molar-refractivity contribution in [1.29, 1.82) is 0 Å². The molecule has 0 aliphatic carbocycles. The molecule has 0 saturated carbocycles. The highest BCUT2D eigenvalue weighted by atomic mass is 19.4. The molecule has 0 bridgehead atoms. The second-order valence-electron chi connectivity index (χ2n) is 8.61. The number of nitrogens with zero attached hydrogens (tertiary/aromatic N) is 2. The largest absolute Gasteiger partial charge is 0.482 e. The first-order chi connectivity index (χ1) is 18.0. The van der Waals surface area contributed by atoms with Crippen LogP contribution in [-0.2, 0) is 11.0 Å². The highest BCUT2D eigenvalue weighted by Crippen LogP contribution is 2.35. The van der Waals surface area contributed by atoms with Crippen LogP contribution in [0.3, 0.4) is 0 Å². The van der Waals surface area contributed by atoms with Gasteiger partial charge in [-0.05, 0) is 68.5 Å². The number of nitrogens with one attached hydrogen (secondary N) is 3.